The Morgan fingerprint density at radius 1 is 1.04 bits per heavy atom. The number of pyridine rings is 1. The van der Waals surface area contributed by atoms with Crippen LogP contribution in [0, 0.1) is 11.6 Å². The number of unbranched alkanes of at least 4 members (excludes halogenated alkanes) is 1. The first kappa shape index (κ1) is 18.3. The summed E-state index contributed by atoms with van der Waals surface area (Å²) in [7, 11) is -4.08. The molecule has 0 saturated heterocycles. The molecule has 0 fully saturated rings. The number of hydrogen-bond acceptors (Lipinski definition) is 3. The Bertz CT molecular complexity index is 1120. The van der Waals surface area contributed by atoms with E-state index in [0.717, 1.165) is 18.6 Å². The van der Waals surface area contributed by atoms with Gasteiger partial charge >= 0.3 is 0 Å². The monoisotopic (exact) mass is 377 g/mol. The van der Waals surface area contributed by atoms with Gasteiger partial charge in [-0.05, 0) is 24.6 Å². The fourth-order valence-electron chi connectivity index (χ4n) is 2.79. The average Bonchev–Trinajstić information content (AvgIpc) is 2.63. The Morgan fingerprint density at radius 2 is 1.69 bits per heavy atom. The van der Waals surface area contributed by atoms with Gasteiger partial charge in [0, 0.05) is 18.8 Å². The molecular weight excluding hydrogens is 360 g/mol. The third kappa shape index (κ3) is 3.14. The third-order valence-electron chi connectivity index (χ3n) is 4.19. The van der Waals surface area contributed by atoms with E-state index in [0.29, 0.717) is 13.0 Å². The van der Waals surface area contributed by atoms with E-state index in [2.05, 4.69) is 0 Å². The standard InChI is InChI=1S/C19H17F2NO3S/c1-2-3-9-22-12-18(26(24,25)13-7-5-4-6-8-13)19(23)14-10-15(20)16(21)11-17(14)22/h4-8,10-12H,2-3,9H2,1H3. The molecule has 0 aliphatic carbocycles. The number of halogens is 2. The smallest absolute Gasteiger partial charge is 0.211 e. The molecule has 4 nitrogen and oxygen atoms in total. The Kier molecular flexibility index (Phi) is 4.91. The molecule has 0 spiro atoms. The van der Waals surface area contributed by atoms with Crippen LogP contribution in [0.1, 0.15) is 19.8 Å². The minimum absolute atomic E-state index is 0.0268. The van der Waals surface area contributed by atoms with Gasteiger partial charge in [0.05, 0.1) is 15.8 Å². The van der Waals surface area contributed by atoms with Crippen molar-refractivity contribution in [1.29, 1.82) is 0 Å². The average molecular weight is 377 g/mol. The number of rotatable bonds is 5. The lowest BCUT2D eigenvalue weighted by Gasteiger charge is -2.14. The van der Waals surface area contributed by atoms with Crippen LogP contribution in [0.25, 0.3) is 10.9 Å². The van der Waals surface area contributed by atoms with Crippen molar-refractivity contribution < 1.29 is 17.2 Å². The summed E-state index contributed by atoms with van der Waals surface area (Å²) in [5, 5.41) is -0.156. The summed E-state index contributed by atoms with van der Waals surface area (Å²) in [6.07, 6.45) is 2.74. The van der Waals surface area contributed by atoms with E-state index in [1.807, 2.05) is 6.92 Å². The van der Waals surface area contributed by atoms with E-state index in [-0.39, 0.29) is 15.8 Å². The van der Waals surface area contributed by atoms with Crippen LogP contribution in [-0.2, 0) is 16.4 Å². The molecule has 0 atom stereocenters. The van der Waals surface area contributed by atoms with Crippen molar-refractivity contribution in [1.82, 2.24) is 4.57 Å². The van der Waals surface area contributed by atoms with Gasteiger partial charge in [-0.15, -0.1) is 0 Å². The summed E-state index contributed by atoms with van der Waals surface area (Å²) >= 11 is 0. The molecule has 1 heterocycles. The third-order valence-corrected chi connectivity index (χ3v) is 5.95. The number of aromatic nitrogens is 1. The van der Waals surface area contributed by atoms with Crippen LogP contribution < -0.4 is 5.43 Å². The molecule has 0 radical (unpaired) electrons. The van der Waals surface area contributed by atoms with Gasteiger partial charge < -0.3 is 4.57 Å². The minimum Gasteiger partial charge on any atom is -0.346 e. The van der Waals surface area contributed by atoms with Gasteiger partial charge in [-0.2, -0.15) is 0 Å². The summed E-state index contributed by atoms with van der Waals surface area (Å²) < 4.78 is 54.7. The quantitative estimate of drug-likeness (QED) is 0.677. The molecule has 0 N–H and O–H groups in total. The van der Waals surface area contributed by atoms with Crippen LogP contribution in [-0.4, -0.2) is 13.0 Å². The first-order valence-corrected chi connectivity index (χ1v) is 9.67. The van der Waals surface area contributed by atoms with Crippen molar-refractivity contribution in [2.45, 2.75) is 36.1 Å². The highest BCUT2D eigenvalue weighted by Crippen LogP contribution is 2.23. The zero-order valence-electron chi connectivity index (χ0n) is 14.1. The van der Waals surface area contributed by atoms with Gasteiger partial charge in [-0.3, -0.25) is 4.79 Å². The number of nitrogens with zero attached hydrogens (tertiary/aromatic N) is 1. The zero-order valence-corrected chi connectivity index (χ0v) is 14.9. The van der Waals surface area contributed by atoms with Crippen LogP contribution in [0.2, 0.25) is 0 Å². The Hall–Kier alpha value is -2.54. The SMILES string of the molecule is CCCCn1cc(S(=O)(=O)c2ccccc2)c(=O)c2cc(F)c(F)cc21. The second kappa shape index (κ2) is 6.99. The Labute approximate surface area is 149 Å². The molecule has 0 bridgehead atoms. The van der Waals surface area contributed by atoms with Gasteiger partial charge in [0.2, 0.25) is 15.3 Å². The lowest BCUT2D eigenvalue weighted by atomic mass is 10.2. The molecular formula is C19H17F2NO3S. The van der Waals surface area contributed by atoms with E-state index in [4.69, 9.17) is 0 Å². The van der Waals surface area contributed by atoms with Crippen molar-refractivity contribution in [2.24, 2.45) is 0 Å². The van der Waals surface area contributed by atoms with E-state index in [1.165, 1.54) is 22.9 Å². The van der Waals surface area contributed by atoms with E-state index < -0.39 is 31.8 Å². The van der Waals surface area contributed by atoms with E-state index >= 15 is 0 Å². The molecule has 0 aliphatic rings. The number of aryl methyl sites for hydroxylation is 1. The molecule has 136 valence electrons. The summed E-state index contributed by atoms with van der Waals surface area (Å²) in [6, 6.07) is 9.25. The summed E-state index contributed by atoms with van der Waals surface area (Å²) in [5.41, 5.74) is -0.662. The predicted molar refractivity (Wildman–Crippen MR) is 94.9 cm³/mol. The lowest BCUT2D eigenvalue weighted by molar-refractivity contribution is 0.509. The molecule has 3 rings (SSSR count). The van der Waals surface area contributed by atoms with Crippen molar-refractivity contribution >= 4 is 20.7 Å². The van der Waals surface area contributed by atoms with E-state index in [9.17, 15) is 22.0 Å². The number of hydrogen-bond donors (Lipinski definition) is 0. The molecule has 26 heavy (non-hydrogen) atoms. The largest absolute Gasteiger partial charge is 0.346 e. The summed E-state index contributed by atoms with van der Waals surface area (Å²) in [6.45, 7) is 2.34. The molecule has 2 aromatic carbocycles. The maximum Gasteiger partial charge on any atom is 0.211 e. The van der Waals surface area contributed by atoms with Crippen LogP contribution in [0.3, 0.4) is 0 Å². The molecule has 3 aromatic rings. The fourth-order valence-corrected chi connectivity index (χ4v) is 4.18. The van der Waals surface area contributed by atoms with Crippen molar-refractivity contribution in [3.05, 3.63) is 70.5 Å². The topological polar surface area (TPSA) is 56.1 Å². The number of sulfone groups is 1. The van der Waals surface area contributed by atoms with Gasteiger partial charge in [-0.1, -0.05) is 31.5 Å². The highest BCUT2D eigenvalue weighted by Gasteiger charge is 2.24. The van der Waals surface area contributed by atoms with E-state index in [1.54, 1.807) is 18.2 Å². The van der Waals surface area contributed by atoms with Crippen molar-refractivity contribution in [3.63, 3.8) is 0 Å². The Balaban J connectivity index is 2.35. The van der Waals surface area contributed by atoms with Crippen molar-refractivity contribution in [3.8, 4) is 0 Å². The number of fused-ring (bicyclic) bond motifs is 1. The van der Waals surface area contributed by atoms with Crippen LogP contribution in [0.15, 0.2) is 63.2 Å². The number of benzene rings is 2. The second-order valence-corrected chi connectivity index (χ2v) is 7.89. The molecule has 7 heteroatoms. The first-order valence-electron chi connectivity index (χ1n) is 8.18. The molecule has 1 aromatic heterocycles. The molecule has 0 aliphatic heterocycles. The van der Waals surface area contributed by atoms with Gasteiger partial charge in [0.25, 0.3) is 0 Å². The van der Waals surface area contributed by atoms with Gasteiger partial charge in [-0.25, -0.2) is 17.2 Å². The van der Waals surface area contributed by atoms with Gasteiger partial charge in [0.1, 0.15) is 4.90 Å². The highest BCUT2D eigenvalue weighted by molar-refractivity contribution is 7.91. The molecule has 0 amide bonds. The Morgan fingerprint density at radius 3 is 2.35 bits per heavy atom. The maximum absolute atomic E-state index is 13.7. The first-order chi connectivity index (χ1) is 12.4. The fraction of sp³-hybridized carbons (Fsp3) is 0.211. The maximum atomic E-state index is 13.7. The van der Waals surface area contributed by atoms with Crippen molar-refractivity contribution in [2.75, 3.05) is 0 Å². The van der Waals surface area contributed by atoms with Crippen LogP contribution in [0.5, 0.6) is 0 Å². The van der Waals surface area contributed by atoms with Crippen LogP contribution >= 0.6 is 0 Å². The second-order valence-electron chi connectivity index (χ2n) is 5.97. The van der Waals surface area contributed by atoms with Gasteiger partial charge in [0.15, 0.2) is 11.6 Å². The molecule has 0 unspecified atom stereocenters. The lowest BCUT2D eigenvalue weighted by Crippen LogP contribution is -2.20. The highest BCUT2D eigenvalue weighted by atomic mass is 32.2. The normalized spacial score (nSPS) is 11.8. The minimum atomic E-state index is -4.08. The van der Waals surface area contributed by atoms with Crippen LogP contribution in [0.4, 0.5) is 8.78 Å². The summed E-state index contributed by atoms with van der Waals surface area (Å²) in [5.74, 6) is -2.27. The molecule has 0 saturated carbocycles. The summed E-state index contributed by atoms with van der Waals surface area (Å²) in [4.78, 5) is 12.3. The predicted octanol–water partition coefficient (Wildman–Crippen LogP) is 3.91. The zero-order chi connectivity index (χ0) is 18.9.